The van der Waals surface area contributed by atoms with Crippen molar-refractivity contribution in [2.45, 2.75) is 11.1 Å². The molecule has 0 aromatic heterocycles. The van der Waals surface area contributed by atoms with Crippen LogP contribution in [0.4, 0.5) is 13.2 Å². The number of carbonyl (C=O) groups is 1. The first-order valence-electron chi connectivity index (χ1n) is 7.05. The van der Waals surface area contributed by atoms with Crippen LogP contribution in [-0.2, 0) is 11.0 Å². The second kappa shape index (κ2) is 6.31. The topological polar surface area (TPSA) is 96.3 Å². The Bertz CT molecular complexity index is 994. The van der Waals surface area contributed by atoms with E-state index in [9.17, 15) is 23.1 Å². The Balaban J connectivity index is 2.15. The van der Waals surface area contributed by atoms with Crippen molar-refractivity contribution in [2.24, 2.45) is 5.73 Å². The number of rotatable bonds is 2. The third-order valence-electron chi connectivity index (χ3n) is 3.50. The quantitative estimate of drug-likeness (QED) is 0.612. The van der Waals surface area contributed by atoms with Crippen molar-refractivity contribution >= 4 is 17.7 Å². The van der Waals surface area contributed by atoms with E-state index in [-0.39, 0.29) is 27.7 Å². The van der Waals surface area contributed by atoms with Gasteiger partial charge in [-0.1, -0.05) is 12.1 Å². The fraction of sp³-hybridized carbons (Fsp3) is 0.0588. The molecule has 1 amide bonds. The van der Waals surface area contributed by atoms with Gasteiger partial charge in [-0.05, 0) is 41.6 Å². The van der Waals surface area contributed by atoms with E-state index < -0.39 is 23.2 Å². The monoisotopic (exact) mass is 378 g/mol. The van der Waals surface area contributed by atoms with E-state index in [2.05, 4.69) is 0 Å². The number of phenolic OH excluding ortho intramolecular Hbond substituents is 1. The number of benzene rings is 2. The van der Waals surface area contributed by atoms with Crippen molar-refractivity contribution in [3.05, 3.63) is 52.6 Å². The van der Waals surface area contributed by atoms with Crippen LogP contribution in [0.25, 0.3) is 11.1 Å². The molecule has 5 nitrogen and oxygen atoms in total. The molecule has 2 aromatic carbocycles. The number of nitrogens with two attached hydrogens (primary N) is 1. The van der Waals surface area contributed by atoms with Crippen LogP contribution in [0.5, 0.6) is 11.5 Å². The average Bonchev–Trinajstić information content (AvgIpc) is 2.97. The number of amides is 1. The molecule has 3 N–H and O–H groups in total. The molecule has 0 unspecified atom stereocenters. The maximum Gasteiger partial charge on any atom is 0.416 e. The Hall–Kier alpha value is -3.12. The Kier molecular flexibility index (Phi) is 4.29. The normalized spacial score (nSPS) is 15.0. The zero-order chi connectivity index (χ0) is 19.1. The summed E-state index contributed by atoms with van der Waals surface area (Å²) in [5.74, 6) is -1.06. The molecule has 1 aliphatic heterocycles. The van der Waals surface area contributed by atoms with Crippen molar-refractivity contribution in [1.82, 2.24) is 0 Å². The Labute approximate surface area is 149 Å². The van der Waals surface area contributed by atoms with Crippen LogP contribution in [0.2, 0.25) is 0 Å². The summed E-state index contributed by atoms with van der Waals surface area (Å²) in [5, 5.41) is 18.8. The highest BCUT2D eigenvalue weighted by Crippen LogP contribution is 2.51. The van der Waals surface area contributed by atoms with Gasteiger partial charge in [-0.2, -0.15) is 18.4 Å². The van der Waals surface area contributed by atoms with Gasteiger partial charge in [0.1, 0.15) is 17.6 Å². The molecule has 0 bridgehead atoms. The summed E-state index contributed by atoms with van der Waals surface area (Å²) in [6, 6.07) is 8.70. The smallest absolute Gasteiger partial charge is 0.416 e. The van der Waals surface area contributed by atoms with E-state index in [1.54, 1.807) is 6.07 Å². The summed E-state index contributed by atoms with van der Waals surface area (Å²) < 4.78 is 44.4. The van der Waals surface area contributed by atoms with Gasteiger partial charge in [-0.25, -0.2) is 0 Å². The molecule has 0 saturated heterocycles. The van der Waals surface area contributed by atoms with E-state index in [0.29, 0.717) is 4.90 Å². The first-order chi connectivity index (χ1) is 12.2. The van der Waals surface area contributed by atoms with E-state index in [1.165, 1.54) is 24.3 Å². The van der Waals surface area contributed by atoms with Gasteiger partial charge in [0.25, 0.3) is 5.91 Å². The number of hydrogen-bond acceptors (Lipinski definition) is 5. The Morgan fingerprint density at radius 3 is 2.62 bits per heavy atom. The number of carbonyl (C=O) groups excluding carboxylic acids is 1. The molecule has 0 aliphatic carbocycles. The molecule has 2 aromatic rings. The lowest BCUT2D eigenvalue weighted by molar-refractivity contribution is -0.137. The van der Waals surface area contributed by atoms with Crippen LogP contribution in [0.1, 0.15) is 5.56 Å². The third kappa shape index (κ3) is 3.19. The molecular formula is C17H9F3N2O3S. The highest BCUT2D eigenvalue weighted by Gasteiger charge is 2.32. The van der Waals surface area contributed by atoms with E-state index in [4.69, 9.17) is 15.7 Å². The second-order valence-electron chi connectivity index (χ2n) is 5.24. The fourth-order valence-electron chi connectivity index (χ4n) is 2.36. The van der Waals surface area contributed by atoms with Gasteiger partial charge in [0, 0.05) is 5.56 Å². The molecular weight excluding hydrogens is 369 g/mol. The summed E-state index contributed by atoms with van der Waals surface area (Å²) in [6.45, 7) is 0. The number of fused-ring (bicyclic) bond motifs is 1. The predicted molar refractivity (Wildman–Crippen MR) is 86.9 cm³/mol. The van der Waals surface area contributed by atoms with E-state index in [0.717, 1.165) is 23.9 Å². The Morgan fingerprint density at radius 1 is 1.27 bits per heavy atom. The van der Waals surface area contributed by atoms with E-state index >= 15 is 0 Å². The summed E-state index contributed by atoms with van der Waals surface area (Å²) in [7, 11) is 0. The molecule has 9 heteroatoms. The molecule has 0 atom stereocenters. The van der Waals surface area contributed by atoms with Crippen molar-refractivity contribution < 1.29 is 27.8 Å². The Morgan fingerprint density at radius 2 is 2.00 bits per heavy atom. The highest BCUT2D eigenvalue weighted by molar-refractivity contribution is 8.03. The van der Waals surface area contributed by atoms with Crippen molar-refractivity contribution in [3.8, 4) is 28.7 Å². The molecule has 1 heterocycles. The number of phenols is 1. The predicted octanol–water partition coefficient (Wildman–Crippen LogP) is 3.78. The minimum absolute atomic E-state index is 0.0891. The molecule has 1 aliphatic rings. The summed E-state index contributed by atoms with van der Waals surface area (Å²) in [4.78, 5) is 11.7. The van der Waals surface area contributed by atoms with Gasteiger partial charge in [0.15, 0.2) is 10.7 Å². The molecule has 0 spiro atoms. The zero-order valence-electron chi connectivity index (χ0n) is 12.8. The fourth-order valence-corrected chi connectivity index (χ4v) is 3.36. The first kappa shape index (κ1) is 17.7. The van der Waals surface area contributed by atoms with Gasteiger partial charge < -0.3 is 15.6 Å². The minimum Gasteiger partial charge on any atom is -0.508 e. The van der Waals surface area contributed by atoms with Crippen molar-refractivity contribution in [2.75, 3.05) is 0 Å². The summed E-state index contributed by atoms with van der Waals surface area (Å²) in [5.41, 5.74) is 4.20. The second-order valence-corrected chi connectivity index (χ2v) is 6.26. The largest absolute Gasteiger partial charge is 0.508 e. The van der Waals surface area contributed by atoms with Crippen LogP contribution in [0.3, 0.4) is 0 Å². The molecule has 3 rings (SSSR count). The van der Waals surface area contributed by atoms with Crippen LogP contribution in [-0.4, -0.2) is 11.0 Å². The van der Waals surface area contributed by atoms with Gasteiger partial charge in [0.2, 0.25) is 0 Å². The van der Waals surface area contributed by atoms with Gasteiger partial charge in [-0.15, -0.1) is 0 Å². The molecule has 26 heavy (non-hydrogen) atoms. The minimum atomic E-state index is -4.53. The number of thioether (sulfide) groups is 1. The van der Waals surface area contributed by atoms with Crippen molar-refractivity contribution in [1.29, 1.82) is 5.26 Å². The SMILES string of the molecule is N#CC(C(N)=O)=C1Oc2c(cc(O)cc2-c2cccc(C(F)(F)F)c2)S1. The highest BCUT2D eigenvalue weighted by atomic mass is 32.2. The summed E-state index contributed by atoms with van der Waals surface area (Å²) in [6.07, 6.45) is -4.53. The zero-order valence-corrected chi connectivity index (χ0v) is 13.6. The lowest BCUT2D eigenvalue weighted by atomic mass is 10.0. The van der Waals surface area contributed by atoms with Crippen LogP contribution in [0.15, 0.2) is 52.0 Å². The first-order valence-corrected chi connectivity index (χ1v) is 7.87. The summed E-state index contributed by atoms with van der Waals surface area (Å²) >= 11 is 0.882. The lowest BCUT2D eigenvalue weighted by Crippen LogP contribution is -2.15. The maximum atomic E-state index is 13.0. The lowest BCUT2D eigenvalue weighted by Gasteiger charge is -2.11. The molecule has 0 radical (unpaired) electrons. The standard InChI is InChI=1S/C17H9F3N2O3S/c18-17(19,20)9-3-1-2-8(4-9)11-5-10(23)6-13-14(11)25-16(26-13)12(7-21)15(22)24/h1-6,23H,(H2,22,24). The molecule has 0 saturated carbocycles. The van der Waals surface area contributed by atoms with Crippen molar-refractivity contribution in [3.63, 3.8) is 0 Å². The van der Waals surface area contributed by atoms with Gasteiger partial charge in [-0.3, -0.25) is 4.79 Å². The number of nitriles is 1. The molecule has 0 fully saturated rings. The van der Waals surface area contributed by atoms with Gasteiger partial charge >= 0.3 is 6.18 Å². The number of nitrogens with zero attached hydrogens (tertiary/aromatic N) is 1. The number of hydrogen-bond donors (Lipinski definition) is 2. The third-order valence-corrected chi connectivity index (χ3v) is 4.50. The van der Waals surface area contributed by atoms with Crippen LogP contribution < -0.4 is 10.5 Å². The number of primary amides is 1. The number of aromatic hydroxyl groups is 1. The van der Waals surface area contributed by atoms with Gasteiger partial charge in [0.05, 0.1) is 10.5 Å². The average molecular weight is 378 g/mol. The maximum absolute atomic E-state index is 13.0. The number of alkyl halides is 3. The number of halogens is 3. The van der Waals surface area contributed by atoms with Crippen LogP contribution in [0, 0.1) is 11.3 Å². The van der Waals surface area contributed by atoms with Crippen LogP contribution >= 0.6 is 11.8 Å². The van der Waals surface area contributed by atoms with E-state index in [1.807, 2.05) is 0 Å². The molecule has 132 valence electrons. The number of ether oxygens (including phenoxy) is 1.